The molecule has 2 rings (SSSR count). The molecule has 0 aliphatic rings. The highest BCUT2D eigenvalue weighted by Crippen LogP contribution is 2.21. The Bertz CT molecular complexity index is 999. The van der Waals surface area contributed by atoms with E-state index in [4.69, 9.17) is 4.74 Å². The summed E-state index contributed by atoms with van der Waals surface area (Å²) >= 11 is 0. The van der Waals surface area contributed by atoms with E-state index in [1.807, 2.05) is 26.8 Å². The number of benzene rings is 2. The molecular weight excluding hydrogens is 404 g/mol. The third-order valence-electron chi connectivity index (χ3n) is 4.37. The summed E-state index contributed by atoms with van der Waals surface area (Å²) in [5, 5.41) is 5.68. The Hall–Kier alpha value is -2.87. The van der Waals surface area contributed by atoms with Crippen LogP contribution in [0.4, 0.5) is 11.4 Å². The van der Waals surface area contributed by atoms with Crippen molar-refractivity contribution in [2.45, 2.75) is 38.5 Å². The van der Waals surface area contributed by atoms with E-state index in [0.29, 0.717) is 30.2 Å². The van der Waals surface area contributed by atoms with Gasteiger partial charge in [-0.3, -0.25) is 9.59 Å². The molecule has 30 heavy (non-hydrogen) atoms. The highest BCUT2D eigenvalue weighted by molar-refractivity contribution is 7.90. The first kappa shape index (κ1) is 23.4. The lowest BCUT2D eigenvalue weighted by atomic mass is 10.1. The second-order valence-electron chi connectivity index (χ2n) is 7.42. The van der Waals surface area contributed by atoms with Gasteiger partial charge in [-0.25, -0.2) is 8.42 Å². The first-order valence-electron chi connectivity index (χ1n) is 9.70. The second kappa shape index (κ2) is 10.2. The van der Waals surface area contributed by atoms with E-state index < -0.39 is 9.84 Å². The summed E-state index contributed by atoms with van der Waals surface area (Å²) in [6.45, 7) is 5.84. The molecular formula is C22H28N2O5S. The summed E-state index contributed by atoms with van der Waals surface area (Å²) in [4.78, 5) is 24.3. The Morgan fingerprint density at radius 1 is 1.03 bits per heavy atom. The van der Waals surface area contributed by atoms with Crippen molar-refractivity contribution in [3.8, 4) is 5.75 Å². The molecule has 2 aromatic carbocycles. The zero-order valence-corrected chi connectivity index (χ0v) is 18.5. The van der Waals surface area contributed by atoms with Crippen molar-refractivity contribution in [3.05, 3.63) is 48.0 Å². The minimum atomic E-state index is -3.24. The van der Waals surface area contributed by atoms with Gasteiger partial charge in [-0.2, -0.15) is 0 Å². The number of nitrogens with one attached hydrogen (secondary N) is 2. The molecule has 0 aliphatic carbocycles. The van der Waals surface area contributed by atoms with Crippen LogP contribution >= 0.6 is 0 Å². The van der Waals surface area contributed by atoms with Crippen molar-refractivity contribution >= 4 is 33.0 Å². The van der Waals surface area contributed by atoms with Crippen LogP contribution in [0, 0.1) is 12.8 Å². The number of carbonyl (C=O) groups is 2. The number of amides is 2. The number of hydrogen-bond donors (Lipinski definition) is 2. The molecule has 0 atom stereocenters. The van der Waals surface area contributed by atoms with Crippen molar-refractivity contribution in [3.63, 3.8) is 0 Å². The molecule has 0 aliphatic heterocycles. The van der Waals surface area contributed by atoms with Crippen LogP contribution in [-0.4, -0.2) is 33.1 Å². The average molecular weight is 433 g/mol. The summed E-state index contributed by atoms with van der Waals surface area (Å²) < 4.78 is 28.5. The lowest BCUT2D eigenvalue weighted by Crippen LogP contribution is -2.18. The van der Waals surface area contributed by atoms with Gasteiger partial charge in [0.15, 0.2) is 9.84 Å². The Kier molecular flexibility index (Phi) is 8.00. The number of aryl methyl sites for hydroxylation is 1. The van der Waals surface area contributed by atoms with Crippen LogP contribution in [-0.2, 0) is 19.4 Å². The van der Waals surface area contributed by atoms with E-state index in [2.05, 4.69) is 10.6 Å². The first-order chi connectivity index (χ1) is 14.1. The molecule has 2 N–H and O–H groups in total. The van der Waals surface area contributed by atoms with Gasteiger partial charge < -0.3 is 15.4 Å². The van der Waals surface area contributed by atoms with Gasteiger partial charge >= 0.3 is 0 Å². The van der Waals surface area contributed by atoms with Crippen LogP contribution in [0.15, 0.2) is 47.4 Å². The minimum Gasteiger partial charge on any atom is -0.494 e. The molecule has 0 saturated heterocycles. The fraction of sp³-hybridized carbons (Fsp3) is 0.364. The van der Waals surface area contributed by atoms with E-state index in [1.165, 1.54) is 12.1 Å². The van der Waals surface area contributed by atoms with Gasteiger partial charge in [0.25, 0.3) is 0 Å². The van der Waals surface area contributed by atoms with Crippen LogP contribution in [0.5, 0.6) is 5.75 Å². The molecule has 162 valence electrons. The summed E-state index contributed by atoms with van der Waals surface area (Å²) in [5.41, 5.74) is 2.18. The molecule has 0 radical (unpaired) electrons. The van der Waals surface area contributed by atoms with Crippen LogP contribution in [0.3, 0.4) is 0 Å². The van der Waals surface area contributed by atoms with Gasteiger partial charge in [0.1, 0.15) is 5.75 Å². The lowest BCUT2D eigenvalue weighted by Gasteiger charge is -2.13. The number of rotatable bonds is 9. The number of ether oxygens (including phenoxy) is 1. The number of carbonyl (C=O) groups excluding carboxylic acids is 2. The maximum Gasteiger partial charge on any atom is 0.226 e. The molecule has 0 fully saturated rings. The normalized spacial score (nSPS) is 11.2. The predicted octanol–water partition coefficient (Wildman–Crippen LogP) is 3.79. The molecule has 2 aromatic rings. The van der Waals surface area contributed by atoms with Crippen molar-refractivity contribution < 1.29 is 22.7 Å². The van der Waals surface area contributed by atoms with Gasteiger partial charge in [0, 0.05) is 30.0 Å². The smallest absolute Gasteiger partial charge is 0.226 e. The Labute approximate surface area is 177 Å². The molecule has 0 aromatic heterocycles. The number of sulfone groups is 1. The van der Waals surface area contributed by atoms with Crippen LogP contribution in [0.1, 0.15) is 32.3 Å². The van der Waals surface area contributed by atoms with Gasteiger partial charge in [-0.05, 0) is 55.3 Å². The number of hydrogen-bond acceptors (Lipinski definition) is 5. The SMILES string of the molecule is Cc1ccc(NC(=O)C(C)C)cc1NC(=O)CCCOc1ccc(S(C)(=O)=O)cc1. The van der Waals surface area contributed by atoms with Crippen molar-refractivity contribution in [2.75, 3.05) is 23.5 Å². The van der Waals surface area contributed by atoms with Crippen molar-refractivity contribution in [2.24, 2.45) is 5.92 Å². The van der Waals surface area contributed by atoms with Crippen molar-refractivity contribution in [1.82, 2.24) is 0 Å². The Balaban J connectivity index is 1.82. The maximum atomic E-state index is 12.3. The molecule has 0 spiro atoms. The van der Waals surface area contributed by atoms with E-state index in [1.54, 1.807) is 24.3 Å². The highest BCUT2D eigenvalue weighted by atomic mass is 32.2. The van der Waals surface area contributed by atoms with E-state index in [-0.39, 0.29) is 29.0 Å². The van der Waals surface area contributed by atoms with Crippen LogP contribution < -0.4 is 15.4 Å². The molecule has 8 heteroatoms. The third kappa shape index (κ3) is 7.18. The third-order valence-corrected chi connectivity index (χ3v) is 5.50. The molecule has 7 nitrogen and oxygen atoms in total. The van der Waals surface area contributed by atoms with Crippen molar-refractivity contribution in [1.29, 1.82) is 0 Å². The fourth-order valence-corrected chi connectivity index (χ4v) is 3.17. The van der Waals surface area contributed by atoms with Gasteiger partial charge in [0.2, 0.25) is 11.8 Å². The number of anilines is 2. The Morgan fingerprint density at radius 2 is 1.70 bits per heavy atom. The van der Waals surface area contributed by atoms with Crippen LogP contribution in [0.25, 0.3) is 0 Å². The standard InChI is InChI=1S/C22H28N2O5S/c1-15(2)22(26)23-17-8-7-16(3)20(14-17)24-21(25)6-5-13-29-18-9-11-19(12-10-18)30(4,27)28/h7-12,14-15H,5-6,13H2,1-4H3,(H,23,26)(H,24,25). The lowest BCUT2D eigenvalue weighted by molar-refractivity contribution is -0.119. The van der Waals surface area contributed by atoms with Crippen LogP contribution in [0.2, 0.25) is 0 Å². The molecule has 0 saturated carbocycles. The zero-order chi connectivity index (χ0) is 22.3. The molecule has 0 bridgehead atoms. The second-order valence-corrected chi connectivity index (χ2v) is 9.43. The summed E-state index contributed by atoms with van der Waals surface area (Å²) in [6.07, 6.45) is 1.92. The minimum absolute atomic E-state index is 0.0853. The summed E-state index contributed by atoms with van der Waals surface area (Å²) in [7, 11) is -3.24. The van der Waals surface area contributed by atoms with E-state index in [0.717, 1.165) is 11.8 Å². The summed E-state index contributed by atoms with van der Waals surface area (Å²) in [5.74, 6) is 0.179. The summed E-state index contributed by atoms with van der Waals surface area (Å²) in [6, 6.07) is 11.6. The molecule has 0 unspecified atom stereocenters. The maximum absolute atomic E-state index is 12.3. The Morgan fingerprint density at radius 3 is 2.30 bits per heavy atom. The van der Waals surface area contributed by atoms with Gasteiger partial charge in [-0.1, -0.05) is 19.9 Å². The fourth-order valence-electron chi connectivity index (χ4n) is 2.54. The monoisotopic (exact) mass is 432 g/mol. The van der Waals surface area contributed by atoms with Gasteiger partial charge in [-0.15, -0.1) is 0 Å². The first-order valence-corrected chi connectivity index (χ1v) is 11.6. The molecule has 2 amide bonds. The van der Waals surface area contributed by atoms with E-state index >= 15 is 0 Å². The quantitative estimate of drug-likeness (QED) is 0.587. The topological polar surface area (TPSA) is 102 Å². The van der Waals surface area contributed by atoms with E-state index in [9.17, 15) is 18.0 Å². The van der Waals surface area contributed by atoms with Gasteiger partial charge in [0.05, 0.1) is 11.5 Å². The largest absolute Gasteiger partial charge is 0.494 e. The predicted molar refractivity (Wildman–Crippen MR) is 118 cm³/mol. The molecule has 0 heterocycles. The zero-order valence-electron chi connectivity index (χ0n) is 17.7. The average Bonchev–Trinajstić information content (AvgIpc) is 2.67. The highest BCUT2D eigenvalue weighted by Gasteiger charge is 2.10.